The van der Waals surface area contributed by atoms with Crippen LogP contribution in [0, 0.1) is 0 Å². The summed E-state index contributed by atoms with van der Waals surface area (Å²) >= 11 is 0. The van der Waals surface area contributed by atoms with Gasteiger partial charge >= 0.3 is 6.03 Å². The number of hydrogen-bond acceptors (Lipinski definition) is 4. The summed E-state index contributed by atoms with van der Waals surface area (Å²) in [5.41, 5.74) is 1.38. The fourth-order valence-corrected chi connectivity index (χ4v) is 2.45. The van der Waals surface area contributed by atoms with E-state index in [1.165, 1.54) is 7.05 Å². The predicted molar refractivity (Wildman–Crippen MR) is 79.4 cm³/mol. The number of amides is 3. The van der Waals surface area contributed by atoms with E-state index in [2.05, 4.69) is 10.6 Å². The van der Waals surface area contributed by atoms with Crippen LogP contribution < -0.4 is 15.5 Å². The molecule has 1 atom stereocenters. The Labute approximate surface area is 123 Å². The van der Waals surface area contributed by atoms with Crippen molar-refractivity contribution in [3.63, 3.8) is 0 Å². The van der Waals surface area contributed by atoms with Crippen molar-refractivity contribution in [2.24, 2.45) is 0 Å². The van der Waals surface area contributed by atoms with Gasteiger partial charge in [0.15, 0.2) is 5.78 Å². The maximum atomic E-state index is 12.1. The van der Waals surface area contributed by atoms with E-state index in [-0.39, 0.29) is 5.78 Å². The monoisotopic (exact) mass is 289 g/mol. The number of fused-ring (bicyclic) bond motifs is 1. The second-order valence-electron chi connectivity index (χ2n) is 4.98. The first-order valence-corrected chi connectivity index (χ1v) is 6.96. The summed E-state index contributed by atoms with van der Waals surface area (Å²) in [7, 11) is 1.45. The molecule has 6 nitrogen and oxygen atoms in total. The van der Waals surface area contributed by atoms with Gasteiger partial charge in [-0.05, 0) is 25.5 Å². The molecule has 1 heterocycles. The Hall–Kier alpha value is -2.37. The van der Waals surface area contributed by atoms with Gasteiger partial charge < -0.3 is 10.2 Å². The van der Waals surface area contributed by atoms with Crippen molar-refractivity contribution in [1.82, 2.24) is 10.6 Å². The van der Waals surface area contributed by atoms with E-state index < -0.39 is 18.0 Å². The molecular formula is C15H19N3O3. The average Bonchev–Trinajstić information content (AvgIpc) is 2.66. The Kier molecular flexibility index (Phi) is 4.57. The molecular weight excluding hydrogens is 270 g/mol. The van der Waals surface area contributed by atoms with Crippen molar-refractivity contribution in [1.29, 1.82) is 0 Å². The largest absolute Gasteiger partial charge is 0.359 e. The highest BCUT2D eigenvalue weighted by molar-refractivity contribution is 6.03. The Morgan fingerprint density at radius 1 is 1.29 bits per heavy atom. The molecule has 21 heavy (non-hydrogen) atoms. The van der Waals surface area contributed by atoms with Gasteiger partial charge in [-0.1, -0.05) is 12.1 Å². The maximum absolute atomic E-state index is 12.1. The van der Waals surface area contributed by atoms with Crippen molar-refractivity contribution in [2.45, 2.75) is 25.8 Å². The number of hydrogen-bond donors (Lipinski definition) is 2. The molecule has 0 spiro atoms. The number of anilines is 1. The third-order valence-corrected chi connectivity index (χ3v) is 3.63. The first kappa shape index (κ1) is 15.0. The second-order valence-corrected chi connectivity index (χ2v) is 4.98. The van der Waals surface area contributed by atoms with E-state index in [1.54, 1.807) is 13.0 Å². The summed E-state index contributed by atoms with van der Waals surface area (Å²) in [5.74, 6) is -0.300. The molecule has 1 aliphatic rings. The van der Waals surface area contributed by atoms with E-state index in [0.717, 1.165) is 5.69 Å². The average molecular weight is 289 g/mol. The fraction of sp³-hybridized carbons (Fsp3) is 0.400. The van der Waals surface area contributed by atoms with Gasteiger partial charge in [0, 0.05) is 31.3 Å². The molecule has 0 aliphatic carbocycles. The van der Waals surface area contributed by atoms with E-state index in [9.17, 15) is 14.4 Å². The summed E-state index contributed by atoms with van der Waals surface area (Å²) in [6.45, 7) is 2.33. The van der Waals surface area contributed by atoms with E-state index in [1.807, 2.05) is 23.1 Å². The van der Waals surface area contributed by atoms with Gasteiger partial charge in [0.05, 0.1) is 0 Å². The quantitative estimate of drug-likeness (QED) is 0.860. The Morgan fingerprint density at radius 3 is 2.71 bits per heavy atom. The van der Waals surface area contributed by atoms with Gasteiger partial charge in [0.25, 0.3) is 0 Å². The molecule has 1 unspecified atom stereocenters. The third-order valence-electron chi connectivity index (χ3n) is 3.63. The number of ketones is 1. The minimum atomic E-state index is -0.536. The summed E-state index contributed by atoms with van der Waals surface area (Å²) in [5, 5.41) is 4.62. The zero-order valence-corrected chi connectivity index (χ0v) is 12.2. The van der Waals surface area contributed by atoms with Crippen LogP contribution in [0.3, 0.4) is 0 Å². The number of benzene rings is 1. The molecule has 6 heteroatoms. The van der Waals surface area contributed by atoms with Crippen LogP contribution in [-0.2, 0) is 4.79 Å². The first-order chi connectivity index (χ1) is 10.0. The van der Waals surface area contributed by atoms with Gasteiger partial charge in [-0.25, -0.2) is 4.79 Å². The Bertz CT molecular complexity index is 571. The zero-order valence-electron chi connectivity index (χ0n) is 12.2. The molecule has 3 amide bonds. The molecule has 1 aromatic carbocycles. The van der Waals surface area contributed by atoms with Crippen LogP contribution in [0.2, 0.25) is 0 Å². The first-order valence-electron chi connectivity index (χ1n) is 6.96. The molecule has 0 saturated heterocycles. The molecule has 0 radical (unpaired) electrons. The Morgan fingerprint density at radius 2 is 2.00 bits per heavy atom. The van der Waals surface area contributed by atoms with E-state index in [0.29, 0.717) is 24.9 Å². The number of imide groups is 1. The molecule has 0 bridgehead atoms. The standard InChI is InChI=1S/C15H19N3O3/c1-10(14(20)17-15(21)16-2)18-9-5-8-13(19)11-6-3-4-7-12(11)18/h3-4,6-7,10H,5,8-9H2,1-2H3,(H2,16,17,20,21). The lowest BCUT2D eigenvalue weighted by atomic mass is 10.1. The van der Waals surface area contributed by atoms with Crippen molar-refractivity contribution in [3.05, 3.63) is 29.8 Å². The third kappa shape index (κ3) is 3.21. The maximum Gasteiger partial charge on any atom is 0.321 e. The highest BCUT2D eigenvalue weighted by atomic mass is 16.2. The van der Waals surface area contributed by atoms with Crippen molar-refractivity contribution < 1.29 is 14.4 Å². The van der Waals surface area contributed by atoms with Crippen molar-refractivity contribution in [2.75, 3.05) is 18.5 Å². The Balaban J connectivity index is 2.26. The van der Waals surface area contributed by atoms with Gasteiger partial charge in [-0.15, -0.1) is 0 Å². The van der Waals surface area contributed by atoms with Gasteiger partial charge in [-0.3, -0.25) is 14.9 Å². The minimum Gasteiger partial charge on any atom is -0.359 e. The smallest absolute Gasteiger partial charge is 0.321 e. The zero-order chi connectivity index (χ0) is 15.4. The summed E-state index contributed by atoms with van der Waals surface area (Å²) in [6, 6.07) is 6.20. The summed E-state index contributed by atoms with van der Waals surface area (Å²) in [4.78, 5) is 37.3. The fourth-order valence-electron chi connectivity index (χ4n) is 2.45. The summed E-state index contributed by atoms with van der Waals surface area (Å²) < 4.78 is 0. The number of nitrogens with one attached hydrogen (secondary N) is 2. The van der Waals surface area contributed by atoms with Crippen LogP contribution in [0.4, 0.5) is 10.5 Å². The highest BCUT2D eigenvalue weighted by Crippen LogP contribution is 2.27. The molecule has 1 aromatic rings. The molecule has 0 saturated carbocycles. The molecule has 1 aliphatic heterocycles. The highest BCUT2D eigenvalue weighted by Gasteiger charge is 2.28. The van der Waals surface area contributed by atoms with Gasteiger partial charge in [-0.2, -0.15) is 0 Å². The number of rotatable bonds is 2. The summed E-state index contributed by atoms with van der Waals surface area (Å²) in [6.07, 6.45) is 1.16. The lowest BCUT2D eigenvalue weighted by molar-refractivity contribution is -0.121. The molecule has 112 valence electrons. The van der Waals surface area contributed by atoms with Crippen LogP contribution in [0.15, 0.2) is 24.3 Å². The van der Waals surface area contributed by atoms with E-state index in [4.69, 9.17) is 0 Å². The normalized spacial score (nSPS) is 15.7. The molecule has 0 fully saturated rings. The van der Waals surface area contributed by atoms with Crippen molar-refractivity contribution in [3.8, 4) is 0 Å². The molecule has 0 aromatic heterocycles. The lowest BCUT2D eigenvalue weighted by Gasteiger charge is -2.30. The van der Waals surface area contributed by atoms with Crippen LogP contribution >= 0.6 is 0 Å². The molecule has 2 N–H and O–H groups in total. The number of Topliss-reactive ketones (excluding diaryl/α,β-unsaturated/α-hetero) is 1. The number of urea groups is 1. The van der Waals surface area contributed by atoms with Crippen LogP contribution in [0.25, 0.3) is 0 Å². The van der Waals surface area contributed by atoms with Crippen LogP contribution in [-0.4, -0.2) is 37.4 Å². The topological polar surface area (TPSA) is 78.5 Å². The molecule has 2 rings (SSSR count). The van der Waals surface area contributed by atoms with Gasteiger partial charge in [0.2, 0.25) is 5.91 Å². The number of para-hydroxylation sites is 1. The van der Waals surface area contributed by atoms with Crippen LogP contribution in [0.1, 0.15) is 30.1 Å². The predicted octanol–water partition coefficient (Wildman–Crippen LogP) is 1.31. The number of nitrogens with zero attached hydrogens (tertiary/aromatic N) is 1. The van der Waals surface area contributed by atoms with Crippen LogP contribution in [0.5, 0.6) is 0 Å². The lowest BCUT2D eigenvalue weighted by Crippen LogP contribution is -2.49. The van der Waals surface area contributed by atoms with E-state index >= 15 is 0 Å². The number of carbonyl (C=O) groups excluding carboxylic acids is 3. The number of carbonyl (C=O) groups is 3. The van der Waals surface area contributed by atoms with Crippen molar-refractivity contribution >= 4 is 23.4 Å². The van der Waals surface area contributed by atoms with Gasteiger partial charge in [0.1, 0.15) is 6.04 Å². The second kappa shape index (κ2) is 6.39. The minimum absolute atomic E-state index is 0.0898. The SMILES string of the molecule is CNC(=O)NC(=O)C(C)N1CCCC(=O)c2ccccc21.